The second-order valence-corrected chi connectivity index (χ2v) is 7.42. The van der Waals surface area contributed by atoms with Gasteiger partial charge >= 0.3 is 0 Å². The van der Waals surface area contributed by atoms with Gasteiger partial charge in [-0.05, 0) is 19.1 Å². The minimum Gasteiger partial charge on any atom is -0.399 e. The third kappa shape index (κ3) is 4.10. The maximum atomic E-state index is 12.3. The van der Waals surface area contributed by atoms with E-state index in [-0.39, 0.29) is 11.9 Å². The number of nitrogens with two attached hydrogens (primary N) is 1. The van der Waals surface area contributed by atoms with Crippen LogP contribution in [0, 0.1) is 0 Å². The molecule has 21 heavy (non-hydrogen) atoms. The van der Waals surface area contributed by atoms with Gasteiger partial charge in [-0.2, -0.15) is 0 Å². The van der Waals surface area contributed by atoms with Crippen LogP contribution in [0.5, 0.6) is 0 Å². The van der Waals surface area contributed by atoms with Crippen molar-refractivity contribution in [2.24, 2.45) is 0 Å². The highest BCUT2D eigenvalue weighted by Gasteiger charge is 2.25. The summed E-state index contributed by atoms with van der Waals surface area (Å²) in [5.41, 5.74) is 6.44. The normalized spacial score (nSPS) is 18.4. The predicted octanol–water partition coefficient (Wildman–Crippen LogP) is 1.97. The summed E-state index contributed by atoms with van der Waals surface area (Å²) in [6.07, 6.45) is 0. The summed E-state index contributed by atoms with van der Waals surface area (Å²) in [5, 5.41) is 3.35. The monoisotopic (exact) mass is 349 g/mol. The summed E-state index contributed by atoms with van der Waals surface area (Å²) in [5.74, 6) is 0.999. The molecular weight excluding hydrogens is 333 g/mol. The maximum Gasteiger partial charge on any atom is 0.241 e. The number of halogens is 2. The van der Waals surface area contributed by atoms with Crippen LogP contribution in [0.3, 0.4) is 0 Å². The molecule has 0 aromatic heterocycles. The van der Waals surface area contributed by atoms with Crippen molar-refractivity contribution in [2.75, 3.05) is 35.6 Å². The zero-order chi connectivity index (χ0) is 15.6. The van der Waals surface area contributed by atoms with Crippen molar-refractivity contribution in [3.05, 3.63) is 22.2 Å². The van der Waals surface area contributed by atoms with Crippen LogP contribution in [0.25, 0.3) is 0 Å². The fourth-order valence-corrected chi connectivity index (χ4v) is 3.82. The first kappa shape index (κ1) is 16.5. The van der Waals surface area contributed by atoms with Crippen LogP contribution in [0.4, 0.5) is 11.4 Å². The number of rotatable bonds is 3. The average Bonchev–Trinajstić information content (AvgIpc) is 2.42. The number of hydrogen-bond acceptors (Lipinski definition) is 4. The van der Waals surface area contributed by atoms with Gasteiger partial charge in [-0.3, -0.25) is 13.9 Å². The van der Waals surface area contributed by atoms with E-state index in [1.54, 1.807) is 0 Å². The molecule has 1 heterocycles. The van der Waals surface area contributed by atoms with Gasteiger partial charge < -0.3 is 11.1 Å². The van der Waals surface area contributed by atoms with Gasteiger partial charge in [0.15, 0.2) is 0 Å². The van der Waals surface area contributed by atoms with Crippen LogP contribution in [-0.4, -0.2) is 45.7 Å². The van der Waals surface area contributed by atoms with Gasteiger partial charge in [-0.25, -0.2) is 0 Å². The SMILES string of the molecule is CC(C(=O)Nc1c(Cl)cc(N)cc1Cl)N1CCS(=O)CC1. The van der Waals surface area contributed by atoms with Crippen LogP contribution >= 0.6 is 23.2 Å². The Hall–Kier alpha value is -0.820. The van der Waals surface area contributed by atoms with Crippen molar-refractivity contribution < 1.29 is 9.00 Å². The van der Waals surface area contributed by atoms with Crippen molar-refractivity contribution in [3.8, 4) is 0 Å². The summed E-state index contributed by atoms with van der Waals surface area (Å²) in [7, 11) is -0.768. The Morgan fingerprint density at radius 2 is 1.86 bits per heavy atom. The third-order valence-electron chi connectivity index (χ3n) is 3.45. The lowest BCUT2D eigenvalue weighted by molar-refractivity contribution is -0.120. The van der Waals surface area contributed by atoms with E-state index in [0.29, 0.717) is 46.0 Å². The van der Waals surface area contributed by atoms with E-state index in [1.165, 1.54) is 12.1 Å². The molecule has 1 atom stereocenters. The zero-order valence-electron chi connectivity index (χ0n) is 11.6. The molecular formula is C13H17Cl2N3O2S. The number of amides is 1. The van der Waals surface area contributed by atoms with Crippen LogP contribution < -0.4 is 11.1 Å². The first-order valence-electron chi connectivity index (χ1n) is 6.53. The van der Waals surface area contributed by atoms with Gasteiger partial charge in [0, 0.05) is 41.1 Å². The Labute approximate surface area is 136 Å². The molecule has 0 saturated carbocycles. The number of anilines is 2. The fourth-order valence-electron chi connectivity index (χ4n) is 2.14. The van der Waals surface area contributed by atoms with E-state index in [4.69, 9.17) is 28.9 Å². The summed E-state index contributed by atoms with van der Waals surface area (Å²) in [6, 6.07) is 2.74. The van der Waals surface area contributed by atoms with E-state index in [2.05, 4.69) is 5.32 Å². The highest BCUT2D eigenvalue weighted by Crippen LogP contribution is 2.33. The minimum atomic E-state index is -0.768. The van der Waals surface area contributed by atoms with E-state index < -0.39 is 10.8 Å². The standard InChI is InChI=1S/C13H17Cl2N3O2S/c1-8(18-2-4-21(20)5-3-18)13(19)17-12-10(14)6-9(16)7-11(12)15/h6-8H,2-5,16H2,1H3,(H,17,19). The Balaban J connectivity index is 2.06. The molecule has 3 N–H and O–H groups in total. The lowest BCUT2D eigenvalue weighted by atomic mass is 10.2. The fraction of sp³-hybridized carbons (Fsp3) is 0.462. The minimum absolute atomic E-state index is 0.198. The van der Waals surface area contributed by atoms with Crippen LogP contribution in [0.1, 0.15) is 6.92 Å². The molecule has 0 spiro atoms. The largest absolute Gasteiger partial charge is 0.399 e. The first-order chi connectivity index (χ1) is 9.88. The Bertz CT molecular complexity index is 550. The molecule has 0 radical (unpaired) electrons. The van der Waals surface area contributed by atoms with Crippen molar-refractivity contribution in [3.63, 3.8) is 0 Å². The average molecular weight is 350 g/mol. The molecule has 0 bridgehead atoms. The van der Waals surface area contributed by atoms with E-state index in [9.17, 15) is 9.00 Å². The Morgan fingerprint density at radius 1 is 1.33 bits per heavy atom. The smallest absolute Gasteiger partial charge is 0.241 e. The molecule has 8 heteroatoms. The summed E-state index contributed by atoms with van der Waals surface area (Å²) in [6.45, 7) is 3.09. The van der Waals surface area contributed by atoms with Crippen LogP contribution in [0.2, 0.25) is 10.0 Å². The molecule has 0 aliphatic carbocycles. The molecule has 1 aliphatic heterocycles. The molecule has 1 amide bonds. The number of hydrogen-bond donors (Lipinski definition) is 2. The van der Waals surface area contributed by atoms with E-state index >= 15 is 0 Å². The molecule has 2 rings (SSSR count). The molecule has 5 nitrogen and oxygen atoms in total. The second kappa shape index (κ2) is 6.96. The van der Waals surface area contributed by atoms with E-state index in [0.717, 1.165) is 0 Å². The lowest BCUT2D eigenvalue weighted by Crippen LogP contribution is -2.48. The van der Waals surface area contributed by atoms with Crippen LogP contribution in [-0.2, 0) is 15.6 Å². The van der Waals surface area contributed by atoms with Gasteiger partial charge in [0.1, 0.15) is 0 Å². The van der Waals surface area contributed by atoms with Gasteiger partial charge in [0.2, 0.25) is 5.91 Å². The third-order valence-corrected chi connectivity index (χ3v) is 5.32. The molecule has 116 valence electrons. The van der Waals surface area contributed by atoms with Gasteiger partial charge in [0.05, 0.1) is 21.8 Å². The van der Waals surface area contributed by atoms with Crippen molar-refractivity contribution in [1.29, 1.82) is 0 Å². The molecule has 1 aromatic rings. The summed E-state index contributed by atoms with van der Waals surface area (Å²) in [4.78, 5) is 14.3. The molecule has 1 saturated heterocycles. The van der Waals surface area contributed by atoms with Gasteiger partial charge in [-0.15, -0.1) is 0 Å². The molecule has 1 aromatic carbocycles. The number of nitrogen functional groups attached to an aromatic ring is 1. The Morgan fingerprint density at radius 3 is 2.38 bits per heavy atom. The lowest BCUT2D eigenvalue weighted by Gasteiger charge is -2.31. The van der Waals surface area contributed by atoms with Gasteiger partial charge in [-0.1, -0.05) is 23.2 Å². The molecule has 1 fully saturated rings. The number of carbonyl (C=O) groups excluding carboxylic acids is 1. The quantitative estimate of drug-likeness (QED) is 0.818. The van der Waals surface area contributed by atoms with Gasteiger partial charge in [0.25, 0.3) is 0 Å². The highest BCUT2D eigenvalue weighted by atomic mass is 35.5. The number of nitrogens with one attached hydrogen (secondary N) is 1. The number of nitrogens with zero attached hydrogens (tertiary/aromatic N) is 1. The summed E-state index contributed by atoms with van der Waals surface area (Å²) < 4.78 is 11.4. The highest BCUT2D eigenvalue weighted by molar-refractivity contribution is 7.85. The van der Waals surface area contributed by atoms with E-state index in [1.807, 2.05) is 11.8 Å². The molecule has 1 aliphatic rings. The number of benzene rings is 1. The predicted molar refractivity (Wildman–Crippen MR) is 88.4 cm³/mol. The topological polar surface area (TPSA) is 75.4 Å². The second-order valence-electron chi connectivity index (χ2n) is 4.91. The first-order valence-corrected chi connectivity index (χ1v) is 8.77. The Kier molecular flexibility index (Phi) is 5.48. The van der Waals surface area contributed by atoms with Crippen molar-refractivity contribution in [1.82, 2.24) is 4.90 Å². The van der Waals surface area contributed by atoms with Crippen molar-refractivity contribution in [2.45, 2.75) is 13.0 Å². The number of carbonyl (C=O) groups is 1. The summed E-state index contributed by atoms with van der Waals surface area (Å²) >= 11 is 12.1. The maximum absolute atomic E-state index is 12.3. The molecule has 1 unspecified atom stereocenters. The van der Waals surface area contributed by atoms with Crippen molar-refractivity contribution >= 4 is 51.3 Å². The zero-order valence-corrected chi connectivity index (χ0v) is 13.9. The van der Waals surface area contributed by atoms with Crippen LogP contribution in [0.15, 0.2) is 12.1 Å².